The van der Waals surface area contributed by atoms with Crippen molar-refractivity contribution in [3.8, 4) is 17.3 Å². The Labute approximate surface area is 201 Å². The molecular formula is C25H23N5O5. The topological polar surface area (TPSA) is 129 Å². The summed E-state index contributed by atoms with van der Waals surface area (Å²) < 4.78 is 12.1. The van der Waals surface area contributed by atoms with Gasteiger partial charge in [0, 0.05) is 28.6 Å². The predicted octanol–water partition coefficient (Wildman–Crippen LogP) is 3.85. The van der Waals surface area contributed by atoms with E-state index in [1.165, 1.54) is 17.7 Å². The summed E-state index contributed by atoms with van der Waals surface area (Å²) in [5, 5.41) is 7.01. The van der Waals surface area contributed by atoms with Crippen LogP contribution in [0.25, 0.3) is 17.3 Å². The van der Waals surface area contributed by atoms with Gasteiger partial charge in [-0.1, -0.05) is 24.3 Å². The van der Waals surface area contributed by atoms with Crippen molar-refractivity contribution in [3.05, 3.63) is 76.9 Å². The molecule has 0 fully saturated rings. The van der Waals surface area contributed by atoms with E-state index in [0.29, 0.717) is 34.3 Å². The molecule has 0 unspecified atom stereocenters. The molecule has 0 bridgehead atoms. The number of carbonyl (C=O) groups excluding carboxylic acids is 3. The first kappa shape index (κ1) is 23.6. The highest BCUT2D eigenvalue weighted by Gasteiger charge is 2.18. The second-order valence-electron chi connectivity index (χ2n) is 7.96. The van der Waals surface area contributed by atoms with Crippen molar-refractivity contribution in [1.29, 1.82) is 0 Å². The standard InChI is InChI=1S/C25H23N5O5/c1-14-11-15(2)27-25(26-14)30-22(12-16(3)29-30)28-23(32)13-34-24(33)21-10-9-20(35-21)19-7-5-18(6-8-19)17(4)31/h5-12H,13H2,1-4H3,(H,28,32). The second-order valence-corrected chi connectivity index (χ2v) is 7.96. The normalized spacial score (nSPS) is 10.7. The van der Waals surface area contributed by atoms with Gasteiger partial charge < -0.3 is 14.5 Å². The van der Waals surface area contributed by atoms with Crippen LogP contribution in [-0.4, -0.2) is 44.0 Å². The summed E-state index contributed by atoms with van der Waals surface area (Å²) in [5.41, 5.74) is 3.45. The first-order valence-electron chi connectivity index (χ1n) is 10.8. The van der Waals surface area contributed by atoms with Gasteiger partial charge in [0.05, 0.1) is 5.69 Å². The number of nitrogens with zero attached hydrogens (tertiary/aromatic N) is 4. The Morgan fingerprint density at radius 3 is 2.29 bits per heavy atom. The molecule has 3 heterocycles. The zero-order valence-corrected chi connectivity index (χ0v) is 19.7. The summed E-state index contributed by atoms with van der Waals surface area (Å²) in [6.45, 7) is 6.41. The summed E-state index contributed by atoms with van der Waals surface area (Å²) >= 11 is 0. The first-order valence-corrected chi connectivity index (χ1v) is 10.8. The lowest BCUT2D eigenvalue weighted by molar-refractivity contribution is -0.119. The van der Waals surface area contributed by atoms with E-state index in [-0.39, 0.29) is 11.5 Å². The third-order valence-corrected chi connectivity index (χ3v) is 4.98. The Morgan fingerprint density at radius 2 is 1.63 bits per heavy atom. The van der Waals surface area contributed by atoms with E-state index in [1.807, 2.05) is 19.9 Å². The summed E-state index contributed by atoms with van der Waals surface area (Å²) in [5.74, 6) is -0.328. The molecule has 0 aliphatic carbocycles. The number of anilines is 1. The summed E-state index contributed by atoms with van der Waals surface area (Å²) in [7, 11) is 0. The van der Waals surface area contributed by atoms with Gasteiger partial charge in [0.1, 0.15) is 11.6 Å². The number of carbonyl (C=O) groups is 3. The van der Waals surface area contributed by atoms with E-state index in [1.54, 1.807) is 43.3 Å². The number of Topliss-reactive ketones (excluding diaryl/α,β-unsaturated/α-hetero) is 1. The third-order valence-electron chi connectivity index (χ3n) is 4.98. The molecule has 35 heavy (non-hydrogen) atoms. The molecule has 10 heteroatoms. The number of aryl methyl sites for hydroxylation is 3. The molecule has 178 valence electrons. The highest BCUT2D eigenvalue weighted by Crippen LogP contribution is 2.23. The van der Waals surface area contributed by atoms with E-state index in [0.717, 1.165) is 11.4 Å². The molecule has 1 amide bonds. The number of nitrogens with one attached hydrogen (secondary N) is 1. The fourth-order valence-electron chi connectivity index (χ4n) is 3.40. The van der Waals surface area contributed by atoms with Crippen LogP contribution < -0.4 is 5.32 Å². The molecule has 0 atom stereocenters. The van der Waals surface area contributed by atoms with Gasteiger partial charge in [-0.05, 0) is 45.9 Å². The lowest BCUT2D eigenvalue weighted by Crippen LogP contribution is -2.22. The Kier molecular flexibility index (Phi) is 6.54. The van der Waals surface area contributed by atoms with Crippen LogP contribution in [0.5, 0.6) is 0 Å². The van der Waals surface area contributed by atoms with Crippen LogP contribution in [0.2, 0.25) is 0 Å². The molecule has 3 aromatic heterocycles. The average molecular weight is 473 g/mol. The monoisotopic (exact) mass is 473 g/mol. The van der Waals surface area contributed by atoms with Crippen molar-refractivity contribution in [2.24, 2.45) is 0 Å². The van der Waals surface area contributed by atoms with Gasteiger partial charge in [-0.25, -0.2) is 14.8 Å². The molecule has 10 nitrogen and oxygen atoms in total. The molecule has 0 aliphatic rings. The van der Waals surface area contributed by atoms with Crippen molar-refractivity contribution < 1.29 is 23.5 Å². The third kappa shape index (κ3) is 5.49. The Hall–Kier alpha value is -4.60. The molecule has 1 N–H and O–H groups in total. The minimum absolute atomic E-state index is 0.0433. The molecule has 0 spiro atoms. The van der Waals surface area contributed by atoms with E-state index in [2.05, 4.69) is 20.4 Å². The van der Waals surface area contributed by atoms with Gasteiger partial charge in [-0.2, -0.15) is 9.78 Å². The maximum atomic E-state index is 12.5. The number of esters is 1. The summed E-state index contributed by atoms with van der Waals surface area (Å²) in [6, 6.07) is 13.4. The van der Waals surface area contributed by atoms with Gasteiger partial charge in [0.15, 0.2) is 12.4 Å². The Bertz CT molecular complexity index is 1400. The van der Waals surface area contributed by atoms with Crippen molar-refractivity contribution >= 4 is 23.5 Å². The SMILES string of the molecule is CC(=O)c1ccc(-c2ccc(C(=O)OCC(=O)Nc3cc(C)nn3-c3nc(C)cc(C)n3)o2)cc1. The lowest BCUT2D eigenvalue weighted by Gasteiger charge is -2.09. The van der Waals surface area contributed by atoms with Crippen LogP contribution in [0.15, 0.2) is 52.9 Å². The van der Waals surface area contributed by atoms with Crippen molar-refractivity contribution in [2.45, 2.75) is 27.7 Å². The van der Waals surface area contributed by atoms with Crippen molar-refractivity contribution in [2.75, 3.05) is 11.9 Å². The fraction of sp³-hybridized carbons (Fsp3) is 0.200. The summed E-state index contributed by atoms with van der Waals surface area (Å²) in [6.07, 6.45) is 0. The number of hydrogen-bond donors (Lipinski definition) is 1. The number of aromatic nitrogens is 4. The van der Waals surface area contributed by atoms with Gasteiger partial charge >= 0.3 is 5.97 Å². The molecule has 4 rings (SSSR count). The van der Waals surface area contributed by atoms with Gasteiger partial charge in [-0.15, -0.1) is 0 Å². The number of ketones is 1. The molecule has 0 aliphatic heterocycles. The Balaban J connectivity index is 1.39. The molecule has 4 aromatic rings. The number of furan rings is 1. The largest absolute Gasteiger partial charge is 0.450 e. The van der Waals surface area contributed by atoms with E-state index in [9.17, 15) is 14.4 Å². The highest BCUT2D eigenvalue weighted by molar-refractivity contribution is 5.95. The number of hydrogen-bond acceptors (Lipinski definition) is 8. The maximum Gasteiger partial charge on any atom is 0.374 e. The minimum Gasteiger partial charge on any atom is -0.450 e. The first-order chi connectivity index (χ1) is 16.7. The molecule has 0 radical (unpaired) electrons. The van der Waals surface area contributed by atoms with Gasteiger partial charge in [0.2, 0.25) is 5.76 Å². The molecule has 0 saturated heterocycles. The molecule has 0 saturated carbocycles. The van der Waals surface area contributed by atoms with Gasteiger partial charge in [-0.3, -0.25) is 9.59 Å². The minimum atomic E-state index is -0.783. The number of amides is 1. The van der Waals surface area contributed by atoms with E-state index < -0.39 is 18.5 Å². The van der Waals surface area contributed by atoms with E-state index in [4.69, 9.17) is 9.15 Å². The number of benzene rings is 1. The van der Waals surface area contributed by atoms with Crippen LogP contribution in [0.4, 0.5) is 5.82 Å². The predicted molar refractivity (Wildman–Crippen MR) is 126 cm³/mol. The van der Waals surface area contributed by atoms with Crippen LogP contribution in [0.1, 0.15) is 44.9 Å². The zero-order valence-electron chi connectivity index (χ0n) is 19.7. The quantitative estimate of drug-likeness (QED) is 0.317. The highest BCUT2D eigenvalue weighted by atomic mass is 16.5. The fourth-order valence-corrected chi connectivity index (χ4v) is 3.40. The maximum absolute atomic E-state index is 12.5. The number of rotatable bonds is 7. The van der Waals surface area contributed by atoms with Crippen LogP contribution in [0.3, 0.4) is 0 Å². The van der Waals surface area contributed by atoms with Crippen LogP contribution >= 0.6 is 0 Å². The Morgan fingerprint density at radius 1 is 0.943 bits per heavy atom. The van der Waals surface area contributed by atoms with Crippen LogP contribution in [-0.2, 0) is 9.53 Å². The smallest absolute Gasteiger partial charge is 0.374 e. The average Bonchev–Trinajstić information content (AvgIpc) is 3.44. The van der Waals surface area contributed by atoms with Crippen molar-refractivity contribution in [1.82, 2.24) is 19.7 Å². The second kappa shape index (κ2) is 9.72. The van der Waals surface area contributed by atoms with E-state index >= 15 is 0 Å². The molecular weight excluding hydrogens is 450 g/mol. The van der Waals surface area contributed by atoms with Gasteiger partial charge in [0.25, 0.3) is 11.9 Å². The van der Waals surface area contributed by atoms with Crippen molar-refractivity contribution in [3.63, 3.8) is 0 Å². The lowest BCUT2D eigenvalue weighted by atomic mass is 10.1. The number of ether oxygens (including phenoxy) is 1. The summed E-state index contributed by atoms with van der Waals surface area (Å²) in [4.78, 5) is 45.0. The van der Waals surface area contributed by atoms with Crippen LogP contribution in [0, 0.1) is 20.8 Å². The molecule has 1 aromatic carbocycles. The zero-order chi connectivity index (χ0) is 25.1.